The van der Waals surface area contributed by atoms with Crippen molar-refractivity contribution in [1.82, 2.24) is 10.6 Å². The molecule has 1 aliphatic carbocycles. The number of carbonyl (C=O) groups is 1. The zero-order valence-corrected chi connectivity index (χ0v) is 12.0. The molecular formula is C17H24N2O. The van der Waals surface area contributed by atoms with Crippen LogP contribution in [0.3, 0.4) is 0 Å². The van der Waals surface area contributed by atoms with Gasteiger partial charge in [0.2, 0.25) is 5.91 Å². The SMILES string of the molecule is O=C(NC1CCCc2ccccc21)C1CCCCCN1. The summed E-state index contributed by atoms with van der Waals surface area (Å²) in [6, 6.07) is 8.74. The van der Waals surface area contributed by atoms with E-state index in [9.17, 15) is 4.79 Å². The van der Waals surface area contributed by atoms with Crippen LogP contribution in [0.4, 0.5) is 0 Å². The predicted octanol–water partition coefficient (Wildman–Crippen LogP) is 2.71. The summed E-state index contributed by atoms with van der Waals surface area (Å²) < 4.78 is 0. The van der Waals surface area contributed by atoms with Gasteiger partial charge in [0.1, 0.15) is 0 Å². The van der Waals surface area contributed by atoms with Gasteiger partial charge in [-0.3, -0.25) is 4.79 Å². The highest BCUT2D eigenvalue weighted by atomic mass is 16.2. The minimum absolute atomic E-state index is 0.00610. The van der Waals surface area contributed by atoms with Gasteiger partial charge in [-0.05, 0) is 49.8 Å². The maximum absolute atomic E-state index is 12.5. The molecule has 1 aromatic carbocycles. The van der Waals surface area contributed by atoms with E-state index in [2.05, 4.69) is 34.9 Å². The smallest absolute Gasteiger partial charge is 0.237 e. The van der Waals surface area contributed by atoms with Gasteiger partial charge in [0.15, 0.2) is 0 Å². The van der Waals surface area contributed by atoms with Crippen LogP contribution in [0.5, 0.6) is 0 Å². The van der Waals surface area contributed by atoms with Gasteiger partial charge in [-0.25, -0.2) is 0 Å². The van der Waals surface area contributed by atoms with Crippen LogP contribution in [-0.4, -0.2) is 18.5 Å². The van der Waals surface area contributed by atoms with Crippen molar-refractivity contribution in [2.45, 2.75) is 57.0 Å². The number of hydrogen-bond acceptors (Lipinski definition) is 2. The van der Waals surface area contributed by atoms with E-state index in [0.717, 1.165) is 32.2 Å². The van der Waals surface area contributed by atoms with Crippen LogP contribution in [0.2, 0.25) is 0 Å². The van der Waals surface area contributed by atoms with E-state index in [4.69, 9.17) is 0 Å². The largest absolute Gasteiger partial charge is 0.348 e. The Hall–Kier alpha value is -1.35. The summed E-state index contributed by atoms with van der Waals surface area (Å²) in [5.41, 5.74) is 2.72. The highest BCUT2D eigenvalue weighted by molar-refractivity contribution is 5.82. The zero-order chi connectivity index (χ0) is 13.8. The standard InChI is InChI=1S/C17H24N2O/c20-17(16-10-2-1-5-12-18-16)19-15-11-6-8-13-7-3-4-9-14(13)15/h3-4,7,9,15-16,18H,1-2,5-6,8,10-12H2,(H,19,20). The second kappa shape index (κ2) is 6.40. The molecule has 1 heterocycles. The molecule has 2 unspecified atom stereocenters. The maximum Gasteiger partial charge on any atom is 0.237 e. The molecule has 0 aromatic heterocycles. The number of aryl methyl sites for hydroxylation is 1. The van der Waals surface area contributed by atoms with Gasteiger partial charge in [0.25, 0.3) is 0 Å². The summed E-state index contributed by atoms with van der Waals surface area (Å²) >= 11 is 0. The number of hydrogen-bond donors (Lipinski definition) is 2. The molecule has 3 nitrogen and oxygen atoms in total. The van der Waals surface area contributed by atoms with Crippen LogP contribution >= 0.6 is 0 Å². The van der Waals surface area contributed by atoms with Crippen LogP contribution in [0.15, 0.2) is 24.3 Å². The molecule has 1 aromatic rings. The van der Waals surface area contributed by atoms with Crippen molar-refractivity contribution in [1.29, 1.82) is 0 Å². The van der Waals surface area contributed by atoms with Gasteiger partial charge in [-0.1, -0.05) is 37.1 Å². The highest BCUT2D eigenvalue weighted by Gasteiger charge is 2.25. The van der Waals surface area contributed by atoms with Crippen LogP contribution in [-0.2, 0) is 11.2 Å². The van der Waals surface area contributed by atoms with E-state index in [1.54, 1.807) is 0 Å². The van der Waals surface area contributed by atoms with Crippen molar-refractivity contribution in [2.24, 2.45) is 0 Å². The van der Waals surface area contributed by atoms with Crippen molar-refractivity contribution in [3.8, 4) is 0 Å². The molecule has 1 fully saturated rings. The first kappa shape index (κ1) is 13.6. The zero-order valence-electron chi connectivity index (χ0n) is 12.0. The van der Waals surface area contributed by atoms with E-state index in [0.29, 0.717) is 0 Å². The third-order valence-electron chi connectivity index (χ3n) is 4.56. The summed E-state index contributed by atoms with van der Waals surface area (Å²) in [7, 11) is 0. The quantitative estimate of drug-likeness (QED) is 0.869. The van der Waals surface area contributed by atoms with E-state index >= 15 is 0 Å². The fraction of sp³-hybridized carbons (Fsp3) is 0.588. The van der Waals surface area contributed by atoms with Gasteiger partial charge in [0.05, 0.1) is 12.1 Å². The molecule has 0 saturated carbocycles. The number of nitrogens with one attached hydrogen (secondary N) is 2. The molecular weight excluding hydrogens is 248 g/mol. The Bertz CT molecular complexity index is 464. The number of fused-ring (bicyclic) bond motifs is 1. The van der Waals surface area contributed by atoms with Crippen LogP contribution in [0.25, 0.3) is 0 Å². The topological polar surface area (TPSA) is 41.1 Å². The van der Waals surface area contributed by atoms with Crippen LogP contribution in [0, 0.1) is 0 Å². The second-order valence-corrected chi connectivity index (χ2v) is 6.01. The Morgan fingerprint density at radius 3 is 2.95 bits per heavy atom. The first-order valence-electron chi connectivity index (χ1n) is 7.96. The van der Waals surface area contributed by atoms with Crippen molar-refractivity contribution in [3.63, 3.8) is 0 Å². The van der Waals surface area contributed by atoms with Crippen LogP contribution in [0.1, 0.15) is 55.7 Å². The van der Waals surface area contributed by atoms with Gasteiger partial charge >= 0.3 is 0 Å². The molecule has 1 aliphatic heterocycles. The lowest BCUT2D eigenvalue weighted by atomic mass is 9.87. The van der Waals surface area contributed by atoms with E-state index in [-0.39, 0.29) is 18.0 Å². The minimum atomic E-state index is 0.00610. The fourth-order valence-electron chi connectivity index (χ4n) is 3.43. The summed E-state index contributed by atoms with van der Waals surface area (Å²) in [6.07, 6.45) is 7.94. The van der Waals surface area contributed by atoms with Crippen molar-refractivity contribution in [2.75, 3.05) is 6.54 Å². The summed E-state index contributed by atoms with van der Waals surface area (Å²) in [5, 5.41) is 6.65. The van der Waals surface area contributed by atoms with E-state index < -0.39 is 0 Å². The molecule has 3 heteroatoms. The fourth-order valence-corrected chi connectivity index (χ4v) is 3.43. The molecule has 108 valence electrons. The Kier molecular flexibility index (Phi) is 4.36. The van der Waals surface area contributed by atoms with Gasteiger partial charge in [0, 0.05) is 0 Å². The molecule has 0 radical (unpaired) electrons. The number of rotatable bonds is 2. The highest BCUT2D eigenvalue weighted by Crippen LogP contribution is 2.29. The average molecular weight is 272 g/mol. The Morgan fingerprint density at radius 1 is 1.10 bits per heavy atom. The summed E-state index contributed by atoms with van der Waals surface area (Å²) in [4.78, 5) is 12.5. The molecule has 3 rings (SSSR count). The van der Waals surface area contributed by atoms with Gasteiger partial charge in [-0.15, -0.1) is 0 Å². The first-order valence-corrected chi connectivity index (χ1v) is 7.96. The lowest BCUT2D eigenvalue weighted by Crippen LogP contribution is -2.45. The summed E-state index contributed by atoms with van der Waals surface area (Å²) in [5.74, 6) is 0.189. The number of amides is 1. The molecule has 1 amide bonds. The molecule has 20 heavy (non-hydrogen) atoms. The molecule has 2 atom stereocenters. The number of carbonyl (C=O) groups excluding carboxylic acids is 1. The van der Waals surface area contributed by atoms with Crippen molar-refractivity contribution < 1.29 is 4.79 Å². The number of benzene rings is 1. The molecule has 1 saturated heterocycles. The maximum atomic E-state index is 12.5. The van der Waals surface area contributed by atoms with E-state index in [1.807, 2.05) is 0 Å². The van der Waals surface area contributed by atoms with Crippen LogP contribution < -0.4 is 10.6 Å². The third-order valence-corrected chi connectivity index (χ3v) is 4.56. The molecule has 2 N–H and O–H groups in total. The Balaban J connectivity index is 1.67. The van der Waals surface area contributed by atoms with Gasteiger partial charge < -0.3 is 10.6 Å². The molecule has 0 spiro atoms. The van der Waals surface area contributed by atoms with E-state index in [1.165, 1.54) is 30.4 Å². The lowest BCUT2D eigenvalue weighted by molar-refractivity contribution is -0.124. The molecule has 2 aliphatic rings. The van der Waals surface area contributed by atoms with Crippen molar-refractivity contribution >= 4 is 5.91 Å². The first-order chi connectivity index (χ1) is 9.84. The summed E-state index contributed by atoms with van der Waals surface area (Å²) in [6.45, 7) is 0.972. The average Bonchev–Trinajstić information content (AvgIpc) is 2.77. The normalized spacial score (nSPS) is 26.4. The second-order valence-electron chi connectivity index (χ2n) is 6.01. The monoisotopic (exact) mass is 272 g/mol. The minimum Gasteiger partial charge on any atom is -0.348 e. The lowest BCUT2D eigenvalue weighted by Gasteiger charge is -2.28. The van der Waals surface area contributed by atoms with Crippen molar-refractivity contribution in [3.05, 3.63) is 35.4 Å². The van der Waals surface area contributed by atoms with Gasteiger partial charge in [-0.2, -0.15) is 0 Å². The Labute approximate surface area is 121 Å². The Morgan fingerprint density at radius 2 is 2.00 bits per heavy atom. The predicted molar refractivity (Wildman–Crippen MR) is 80.5 cm³/mol. The third kappa shape index (κ3) is 3.04. The molecule has 0 bridgehead atoms.